The van der Waals surface area contributed by atoms with Gasteiger partial charge in [-0.3, -0.25) is 4.79 Å². The summed E-state index contributed by atoms with van der Waals surface area (Å²) in [5.74, 6) is 1.73. The molecule has 0 aromatic carbocycles. The minimum Gasteiger partial charge on any atom is -0.342 e. The Labute approximate surface area is 152 Å². The predicted octanol–water partition coefficient (Wildman–Crippen LogP) is 1.29. The van der Waals surface area contributed by atoms with Crippen LogP contribution in [0.25, 0.3) is 0 Å². The summed E-state index contributed by atoms with van der Waals surface area (Å²) in [6.07, 6.45) is 9.27. The maximum atomic E-state index is 13.1. The lowest BCUT2D eigenvalue weighted by Crippen LogP contribution is -2.48. The Kier molecular flexibility index (Phi) is 5.75. The zero-order valence-electron chi connectivity index (χ0n) is 15.7. The summed E-state index contributed by atoms with van der Waals surface area (Å²) in [5.41, 5.74) is -0.0160. The van der Waals surface area contributed by atoms with Gasteiger partial charge in [0.05, 0.1) is 6.26 Å². The van der Waals surface area contributed by atoms with Crippen molar-refractivity contribution in [1.29, 1.82) is 0 Å². The van der Waals surface area contributed by atoms with Crippen LogP contribution in [0.15, 0.2) is 0 Å². The highest BCUT2D eigenvalue weighted by molar-refractivity contribution is 7.88. The van der Waals surface area contributed by atoms with Gasteiger partial charge in [-0.25, -0.2) is 13.1 Å². The molecule has 1 unspecified atom stereocenters. The number of carbonyl (C=O) groups is 1. The fraction of sp³-hybridized carbons (Fsp3) is 0.944. The molecule has 2 aliphatic carbocycles. The average molecular weight is 372 g/mol. The molecule has 144 valence electrons. The van der Waals surface area contributed by atoms with Gasteiger partial charge in [-0.15, -0.1) is 0 Å². The molecule has 25 heavy (non-hydrogen) atoms. The van der Waals surface area contributed by atoms with Crippen LogP contribution in [-0.4, -0.2) is 70.2 Å². The number of fused-ring (bicyclic) bond motifs is 2. The number of carbonyl (C=O) groups excluding carboxylic acids is 1. The monoisotopic (exact) mass is 371 g/mol. The second-order valence-corrected chi connectivity index (χ2v) is 10.4. The van der Waals surface area contributed by atoms with Gasteiger partial charge in [-0.2, -0.15) is 0 Å². The summed E-state index contributed by atoms with van der Waals surface area (Å²) in [6, 6.07) is 0. The van der Waals surface area contributed by atoms with Crippen LogP contribution in [-0.2, 0) is 14.8 Å². The highest BCUT2D eigenvalue weighted by atomic mass is 32.2. The highest BCUT2D eigenvalue weighted by Gasteiger charge is 2.51. The number of likely N-dealkylation sites (tertiary alicyclic amines) is 1. The van der Waals surface area contributed by atoms with Crippen molar-refractivity contribution in [2.45, 2.75) is 44.9 Å². The zero-order chi connectivity index (χ0) is 18.1. The predicted molar refractivity (Wildman–Crippen MR) is 98.7 cm³/mol. The fourth-order valence-corrected chi connectivity index (χ4v) is 5.64. The van der Waals surface area contributed by atoms with E-state index in [1.807, 2.05) is 7.05 Å². The molecule has 1 saturated heterocycles. The Hall–Kier alpha value is -0.660. The summed E-state index contributed by atoms with van der Waals surface area (Å²) in [4.78, 5) is 17.4. The van der Waals surface area contributed by atoms with E-state index >= 15 is 0 Å². The number of hydrogen-bond acceptors (Lipinski definition) is 4. The first-order chi connectivity index (χ1) is 11.8. The molecule has 0 aromatic rings. The lowest BCUT2D eigenvalue weighted by Gasteiger charge is -2.39. The second-order valence-electron chi connectivity index (χ2n) is 8.62. The van der Waals surface area contributed by atoms with Gasteiger partial charge in [0.1, 0.15) is 0 Å². The van der Waals surface area contributed by atoms with Crippen molar-refractivity contribution < 1.29 is 13.2 Å². The number of nitrogens with zero attached hydrogens (tertiary/aromatic N) is 2. The lowest BCUT2D eigenvalue weighted by molar-refractivity contribution is -0.143. The molecule has 0 aromatic heterocycles. The lowest BCUT2D eigenvalue weighted by atomic mass is 9.82. The van der Waals surface area contributed by atoms with E-state index in [1.165, 1.54) is 19.1 Å². The molecule has 0 spiro atoms. The van der Waals surface area contributed by atoms with Gasteiger partial charge in [0, 0.05) is 38.1 Å². The highest BCUT2D eigenvalue weighted by Crippen LogP contribution is 2.55. The zero-order valence-corrected chi connectivity index (χ0v) is 16.5. The van der Waals surface area contributed by atoms with E-state index in [-0.39, 0.29) is 5.41 Å². The van der Waals surface area contributed by atoms with Gasteiger partial charge in [0.15, 0.2) is 0 Å². The van der Waals surface area contributed by atoms with Crippen LogP contribution in [0.1, 0.15) is 44.9 Å². The molecule has 1 atom stereocenters. The quantitative estimate of drug-likeness (QED) is 0.732. The molecule has 0 radical (unpaired) electrons. The smallest absolute Gasteiger partial charge is 0.228 e. The third-order valence-corrected chi connectivity index (χ3v) is 7.16. The van der Waals surface area contributed by atoms with Crippen molar-refractivity contribution in [2.75, 3.05) is 46.0 Å². The Morgan fingerprint density at radius 2 is 2.00 bits per heavy atom. The largest absolute Gasteiger partial charge is 0.342 e. The second kappa shape index (κ2) is 7.53. The van der Waals surface area contributed by atoms with Gasteiger partial charge in [0.25, 0.3) is 0 Å². The molecule has 2 bridgehead atoms. The SMILES string of the molecule is CN(CCNS(C)(=O)=O)CC1CCCN(C(=O)C23CCC(CC2)C3)C1. The number of piperidine rings is 1. The number of nitrogens with one attached hydrogen (secondary N) is 1. The van der Waals surface area contributed by atoms with Gasteiger partial charge in [-0.05, 0) is 63.8 Å². The standard InChI is InChI=1S/C18H33N3O3S/c1-20(11-9-19-25(2,23)24)13-16-4-3-10-21(14-16)17(22)18-7-5-15(12-18)6-8-18/h15-16,19H,3-14H2,1-2H3. The molecular weight excluding hydrogens is 338 g/mol. The van der Waals surface area contributed by atoms with Gasteiger partial charge in [0.2, 0.25) is 15.9 Å². The summed E-state index contributed by atoms with van der Waals surface area (Å²) in [5, 5.41) is 0. The van der Waals surface area contributed by atoms with Crippen molar-refractivity contribution in [3.8, 4) is 0 Å². The van der Waals surface area contributed by atoms with Crippen LogP contribution in [0.3, 0.4) is 0 Å². The maximum absolute atomic E-state index is 13.1. The van der Waals surface area contributed by atoms with Crippen LogP contribution in [0, 0.1) is 17.3 Å². The van der Waals surface area contributed by atoms with E-state index in [0.717, 1.165) is 57.7 Å². The van der Waals surface area contributed by atoms with E-state index in [9.17, 15) is 13.2 Å². The van der Waals surface area contributed by atoms with Crippen LogP contribution in [0.4, 0.5) is 0 Å². The Balaban J connectivity index is 1.47. The topological polar surface area (TPSA) is 69.7 Å². The molecule has 2 saturated carbocycles. The van der Waals surface area contributed by atoms with Crippen molar-refractivity contribution in [3.63, 3.8) is 0 Å². The van der Waals surface area contributed by atoms with Crippen molar-refractivity contribution in [2.24, 2.45) is 17.3 Å². The molecular formula is C18H33N3O3S. The van der Waals surface area contributed by atoms with Crippen LogP contribution >= 0.6 is 0 Å². The number of rotatable bonds is 7. The molecule has 6 nitrogen and oxygen atoms in total. The number of hydrogen-bond donors (Lipinski definition) is 1. The molecule has 1 amide bonds. The average Bonchev–Trinajstić information content (AvgIpc) is 3.15. The van der Waals surface area contributed by atoms with Crippen molar-refractivity contribution in [1.82, 2.24) is 14.5 Å². The first kappa shape index (κ1) is 19.1. The minimum atomic E-state index is -3.12. The van der Waals surface area contributed by atoms with E-state index in [0.29, 0.717) is 24.9 Å². The van der Waals surface area contributed by atoms with Crippen LogP contribution < -0.4 is 4.72 Å². The van der Waals surface area contributed by atoms with E-state index < -0.39 is 10.0 Å². The summed E-state index contributed by atoms with van der Waals surface area (Å²) < 4.78 is 24.8. The van der Waals surface area contributed by atoms with Crippen LogP contribution in [0.5, 0.6) is 0 Å². The van der Waals surface area contributed by atoms with Crippen LogP contribution in [0.2, 0.25) is 0 Å². The molecule has 1 heterocycles. The third-order valence-electron chi connectivity index (χ3n) is 6.43. The summed E-state index contributed by atoms with van der Waals surface area (Å²) in [6.45, 7) is 3.85. The number of likely N-dealkylation sites (N-methyl/N-ethyl adjacent to an activating group) is 1. The summed E-state index contributed by atoms with van der Waals surface area (Å²) in [7, 11) is -1.09. The van der Waals surface area contributed by atoms with Gasteiger partial charge < -0.3 is 9.80 Å². The van der Waals surface area contributed by atoms with Crippen molar-refractivity contribution >= 4 is 15.9 Å². The first-order valence-corrected chi connectivity index (χ1v) is 11.6. The molecule has 1 N–H and O–H groups in total. The molecule has 1 aliphatic heterocycles. The Morgan fingerprint density at radius 3 is 2.60 bits per heavy atom. The Morgan fingerprint density at radius 1 is 1.28 bits per heavy atom. The molecule has 3 rings (SSSR count). The van der Waals surface area contributed by atoms with E-state index in [1.54, 1.807) is 0 Å². The summed E-state index contributed by atoms with van der Waals surface area (Å²) >= 11 is 0. The fourth-order valence-electron chi connectivity index (χ4n) is 5.18. The molecule has 7 heteroatoms. The Bertz CT molecular complexity index is 584. The van der Waals surface area contributed by atoms with E-state index in [4.69, 9.17) is 0 Å². The third kappa shape index (κ3) is 4.74. The van der Waals surface area contributed by atoms with Gasteiger partial charge in [-0.1, -0.05) is 0 Å². The van der Waals surface area contributed by atoms with Gasteiger partial charge >= 0.3 is 0 Å². The van der Waals surface area contributed by atoms with E-state index in [2.05, 4.69) is 14.5 Å². The number of sulfonamides is 1. The maximum Gasteiger partial charge on any atom is 0.228 e. The number of amides is 1. The molecule has 3 fully saturated rings. The minimum absolute atomic E-state index is 0.0160. The first-order valence-electron chi connectivity index (χ1n) is 9.70. The molecule has 3 aliphatic rings. The normalized spacial score (nSPS) is 32.5. The van der Waals surface area contributed by atoms with Crippen molar-refractivity contribution in [3.05, 3.63) is 0 Å².